The van der Waals surface area contributed by atoms with Crippen LogP contribution in [-0.2, 0) is 10.0 Å². The number of benzene rings is 3. The molecule has 0 atom stereocenters. The minimum absolute atomic E-state index is 0.0347. The van der Waals surface area contributed by atoms with E-state index in [0.717, 1.165) is 5.56 Å². The summed E-state index contributed by atoms with van der Waals surface area (Å²) < 4.78 is 22.6. The summed E-state index contributed by atoms with van der Waals surface area (Å²) in [6.45, 7) is 1.94. The van der Waals surface area contributed by atoms with Crippen molar-refractivity contribution in [3.63, 3.8) is 0 Å². The quantitative estimate of drug-likeness (QED) is 0.426. The molecule has 164 valence electrons. The van der Waals surface area contributed by atoms with E-state index < -0.39 is 15.9 Å². The molecule has 0 radical (unpaired) electrons. The van der Waals surface area contributed by atoms with Gasteiger partial charge in [-0.05, 0) is 79.8 Å². The van der Waals surface area contributed by atoms with E-state index in [4.69, 9.17) is 17.4 Å². The van der Waals surface area contributed by atoms with Crippen LogP contribution in [0.1, 0.15) is 26.3 Å². The Morgan fingerprint density at radius 3 is 1.78 bits per heavy atom. The molecule has 0 bridgehead atoms. The summed E-state index contributed by atoms with van der Waals surface area (Å²) >= 11 is 5.12. The summed E-state index contributed by atoms with van der Waals surface area (Å²) in [4.78, 5) is 24.6. The number of carbonyl (C=O) groups is 2. The van der Waals surface area contributed by atoms with Crippen LogP contribution in [0.4, 0.5) is 11.4 Å². The van der Waals surface area contributed by atoms with Gasteiger partial charge in [-0.1, -0.05) is 17.7 Å². The molecular formula is C22H20N4O4S2. The van der Waals surface area contributed by atoms with Crippen molar-refractivity contribution >= 4 is 50.5 Å². The molecule has 3 rings (SSSR count). The largest absolute Gasteiger partial charge is 0.332 e. The lowest BCUT2D eigenvalue weighted by molar-refractivity contribution is 0.0976. The first-order valence-electron chi connectivity index (χ1n) is 9.35. The van der Waals surface area contributed by atoms with Crippen LogP contribution in [0, 0.1) is 6.92 Å². The van der Waals surface area contributed by atoms with Crippen molar-refractivity contribution in [3.8, 4) is 0 Å². The van der Waals surface area contributed by atoms with Gasteiger partial charge in [0.25, 0.3) is 11.8 Å². The molecule has 2 amide bonds. The van der Waals surface area contributed by atoms with Crippen LogP contribution in [0.25, 0.3) is 0 Å². The van der Waals surface area contributed by atoms with Crippen LogP contribution < -0.4 is 21.1 Å². The van der Waals surface area contributed by atoms with Gasteiger partial charge in [-0.25, -0.2) is 13.6 Å². The molecule has 0 aliphatic carbocycles. The Bertz CT molecular complexity index is 1250. The number of sulfonamides is 1. The molecule has 3 aromatic rings. The molecule has 10 heteroatoms. The average Bonchev–Trinajstić information content (AvgIpc) is 2.74. The second-order valence-corrected chi connectivity index (χ2v) is 8.84. The Hall–Kier alpha value is -3.60. The predicted octanol–water partition coefficient (Wildman–Crippen LogP) is 3.02. The van der Waals surface area contributed by atoms with Crippen LogP contribution in [0.2, 0.25) is 0 Å². The van der Waals surface area contributed by atoms with Gasteiger partial charge in [-0.2, -0.15) is 0 Å². The number of nitrogens with one attached hydrogen (secondary N) is 3. The number of primary sulfonamides is 1. The van der Waals surface area contributed by atoms with Gasteiger partial charge < -0.3 is 10.6 Å². The fraction of sp³-hybridized carbons (Fsp3) is 0.0455. The molecule has 0 saturated heterocycles. The Morgan fingerprint density at radius 1 is 0.750 bits per heavy atom. The lowest BCUT2D eigenvalue weighted by Crippen LogP contribution is -2.34. The number of anilines is 2. The standard InChI is InChI=1S/C22H20N4O4S2/c1-14-2-4-15(5-3-14)20(27)24-17-8-6-16(7-9-17)21(28)26-22(31)25-18-10-12-19(13-11-18)32(23,29)30/h2-13H,1H3,(H,24,27)(H2,23,29,30)(H2,25,26,28,31). The molecule has 0 unspecified atom stereocenters. The zero-order valence-corrected chi connectivity index (χ0v) is 18.6. The zero-order chi connectivity index (χ0) is 23.3. The van der Waals surface area contributed by atoms with E-state index in [1.165, 1.54) is 24.3 Å². The highest BCUT2D eigenvalue weighted by atomic mass is 32.2. The van der Waals surface area contributed by atoms with Crippen LogP contribution in [0.15, 0.2) is 77.7 Å². The number of aryl methyl sites for hydroxylation is 1. The monoisotopic (exact) mass is 468 g/mol. The number of rotatable bonds is 5. The molecule has 0 aliphatic heterocycles. The van der Waals surface area contributed by atoms with Gasteiger partial charge in [0.1, 0.15) is 0 Å². The first-order chi connectivity index (χ1) is 15.1. The van der Waals surface area contributed by atoms with E-state index in [0.29, 0.717) is 22.5 Å². The second-order valence-electron chi connectivity index (χ2n) is 6.88. The van der Waals surface area contributed by atoms with Gasteiger partial charge in [0.15, 0.2) is 5.11 Å². The van der Waals surface area contributed by atoms with Crippen molar-refractivity contribution in [1.29, 1.82) is 0 Å². The number of amides is 2. The fourth-order valence-corrected chi connectivity index (χ4v) is 3.40. The average molecular weight is 469 g/mol. The van der Waals surface area contributed by atoms with Crippen molar-refractivity contribution in [2.24, 2.45) is 5.14 Å². The predicted molar refractivity (Wildman–Crippen MR) is 127 cm³/mol. The topological polar surface area (TPSA) is 130 Å². The SMILES string of the molecule is Cc1ccc(C(=O)Nc2ccc(C(=O)NC(=S)Nc3ccc(S(N)(=O)=O)cc3)cc2)cc1. The summed E-state index contributed by atoms with van der Waals surface area (Å²) in [5.41, 5.74) is 2.96. The number of thiocarbonyl (C=S) groups is 1. The molecule has 0 aliphatic rings. The third-order valence-corrected chi connectivity index (χ3v) is 5.52. The van der Waals surface area contributed by atoms with Crippen molar-refractivity contribution in [1.82, 2.24) is 5.32 Å². The zero-order valence-electron chi connectivity index (χ0n) is 17.0. The summed E-state index contributed by atoms with van der Waals surface area (Å²) in [7, 11) is -3.79. The van der Waals surface area contributed by atoms with Crippen molar-refractivity contribution in [3.05, 3.63) is 89.5 Å². The van der Waals surface area contributed by atoms with E-state index in [1.54, 1.807) is 36.4 Å². The van der Waals surface area contributed by atoms with Crippen LogP contribution in [0.5, 0.6) is 0 Å². The number of nitrogens with two attached hydrogens (primary N) is 1. The van der Waals surface area contributed by atoms with Crippen molar-refractivity contribution < 1.29 is 18.0 Å². The van der Waals surface area contributed by atoms with Gasteiger partial charge in [-0.15, -0.1) is 0 Å². The first-order valence-corrected chi connectivity index (χ1v) is 11.3. The highest BCUT2D eigenvalue weighted by Gasteiger charge is 2.11. The minimum Gasteiger partial charge on any atom is -0.332 e. The van der Waals surface area contributed by atoms with Crippen LogP contribution in [0.3, 0.4) is 0 Å². The molecule has 0 aromatic heterocycles. The lowest BCUT2D eigenvalue weighted by Gasteiger charge is -2.11. The fourth-order valence-electron chi connectivity index (χ4n) is 2.68. The summed E-state index contributed by atoms with van der Waals surface area (Å²) in [6.07, 6.45) is 0. The molecule has 0 heterocycles. The molecule has 32 heavy (non-hydrogen) atoms. The molecular weight excluding hydrogens is 448 g/mol. The van der Waals surface area contributed by atoms with Gasteiger partial charge in [-0.3, -0.25) is 14.9 Å². The number of hydrogen-bond donors (Lipinski definition) is 4. The normalized spacial score (nSPS) is 10.8. The van der Waals surface area contributed by atoms with Crippen molar-refractivity contribution in [2.45, 2.75) is 11.8 Å². The van der Waals surface area contributed by atoms with E-state index in [1.807, 2.05) is 19.1 Å². The lowest BCUT2D eigenvalue weighted by atomic mass is 10.1. The highest BCUT2D eigenvalue weighted by Crippen LogP contribution is 2.14. The number of hydrogen-bond acceptors (Lipinski definition) is 5. The van der Waals surface area contributed by atoms with E-state index >= 15 is 0 Å². The first kappa shape index (κ1) is 23.1. The van der Waals surface area contributed by atoms with E-state index in [9.17, 15) is 18.0 Å². The smallest absolute Gasteiger partial charge is 0.257 e. The maximum absolute atomic E-state index is 12.4. The second kappa shape index (κ2) is 9.69. The van der Waals surface area contributed by atoms with Gasteiger partial charge in [0, 0.05) is 22.5 Å². The molecule has 0 saturated carbocycles. The Balaban J connectivity index is 1.56. The van der Waals surface area contributed by atoms with Gasteiger partial charge in [0.2, 0.25) is 10.0 Å². The Morgan fingerprint density at radius 2 is 1.22 bits per heavy atom. The molecule has 0 fully saturated rings. The van der Waals surface area contributed by atoms with Gasteiger partial charge in [0.05, 0.1) is 4.90 Å². The summed E-state index contributed by atoms with van der Waals surface area (Å²) in [5.74, 6) is -0.693. The minimum atomic E-state index is -3.79. The maximum Gasteiger partial charge on any atom is 0.257 e. The van der Waals surface area contributed by atoms with Gasteiger partial charge >= 0.3 is 0 Å². The number of carbonyl (C=O) groups excluding carboxylic acids is 2. The molecule has 3 aromatic carbocycles. The van der Waals surface area contributed by atoms with Crippen LogP contribution in [-0.4, -0.2) is 25.3 Å². The molecule has 0 spiro atoms. The third kappa shape index (κ3) is 6.20. The summed E-state index contributed by atoms with van der Waals surface area (Å²) in [5, 5.41) is 13.2. The Labute approximate surface area is 190 Å². The third-order valence-electron chi connectivity index (χ3n) is 4.39. The maximum atomic E-state index is 12.4. The molecule has 8 nitrogen and oxygen atoms in total. The van der Waals surface area contributed by atoms with Crippen molar-refractivity contribution in [2.75, 3.05) is 10.6 Å². The van der Waals surface area contributed by atoms with E-state index in [2.05, 4.69) is 16.0 Å². The Kier molecular flexibility index (Phi) is 6.98. The van der Waals surface area contributed by atoms with E-state index in [-0.39, 0.29) is 15.9 Å². The highest BCUT2D eigenvalue weighted by molar-refractivity contribution is 7.89. The molecule has 5 N–H and O–H groups in total. The summed E-state index contributed by atoms with van der Waals surface area (Å²) in [6, 6.07) is 19.1. The van der Waals surface area contributed by atoms with Crippen LogP contribution >= 0.6 is 12.2 Å².